The van der Waals surface area contributed by atoms with Gasteiger partial charge in [0.25, 0.3) is 11.5 Å². The molecule has 3 heterocycles. The van der Waals surface area contributed by atoms with Crippen molar-refractivity contribution in [2.75, 3.05) is 6.54 Å². The Morgan fingerprint density at radius 3 is 2.71 bits per heavy atom. The molecule has 0 aliphatic heterocycles. The summed E-state index contributed by atoms with van der Waals surface area (Å²) in [6.45, 7) is 6.26. The van der Waals surface area contributed by atoms with Gasteiger partial charge in [0.2, 0.25) is 5.65 Å². The molecular weight excluding hydrogens is 308 g/mol. The first-order chi connectivity index (χ1) is 11.4. The van der Waals surface area contributed by atoms with Gasteiger partial charge in [-0.2, -0.15) is 0 Å². The first-order valence-electron chi connectivity index (χ1n) is 7.86. The number of carbonyl (C=O) groups is 1. The lowest BCUT2D eigenvalue weighted by Crippen LogP contribution is -2.24. The summed E-state index contributed by atoms with van der Waals surface area (Å²) in [6.07, 6.45) is 4.20. The topological polar surface area (TPSA) is 81.5 Å². The molecule has 7 heteroatoms. The van der Waals surface area contributed by atoms with Crippen molar-refractivity contribution in [1.82, 2.24) is 19.3 Å². The summed E-state index contributed by atoms with van der Waals surface area (Å²) in [6, 6.07) is 1.89. The van der Waals surface area contributed by atoms with Crippen molar-refractivity contribution in [1.29, 1.82) is 0 Å². The van der Waals surface area contributed by atoms with Crippen LogP contribution in [-0.4, -0.2) is 26.4 Å². The van der Waals surface area contributed by atoms with Gasteiger partial charge < -0.3 is 14.3 Å². The predicted octanol–water partition coefficient (Wildman–Crippen LogP) is 2.05. The van der Waals surface area contributed by atoms with Gasteiger partial charge in [-0.1, -0.05) is 6.92 Å². The van der Waals surface area contributed by atoms with Gasteiger partial charge in [-0.15, -0.1) is 0 Å². The number of hydrogen-bond acceptors (Lipinski definition) is 4. The largest absolute Gasteiger partial charge is 0.466 e. The van der Waals surface area contributed by atoms with Crippen molar-refractivity contribution in [2.24, 2.45) is 7.05 Å². The Hall–Kier alpha value is -2.83. The maximum absolute atomic E-state index is 12.6. The summed E-state index contributed by atoms with van der Waals surface area (Å²) in [4.78, 5) is 28.9. The molecule has 24 heavy (non-hydrogen) atoms. The van der Waals surface area contributed by atoms with E-state index in [0.29, 0.717) is 12.2 Å². The number of imidazole rings is 1. The van der Waals surface area contributed by atoms with Gasteiger partial charge in [-0.05, 0) is 26.3 Å². The van der Waals surface area contributed by atoms with Crippen molar-refractivity contribution < 1.29 is 9.21 Å². The molecule has 0 aliphatic rings. The van der Waals surface area contributed by atoms with E-state index >= 15 is 0 Å². The molecule has 0 unspecified atom stereocenters. The third-order valence-corrected chi connectivity index (χ3v) is 3.94. The zero-order valence-corrected chi connectivity index (χ0v) is 14.2. The average molecular weight is 328 g/mol. The maximum Gasteiger partial charge on any atom is 0.294 e. The lowest BCUT2D eigenvalue weighted by atomic mass is 10.2. The van der Waals surface area contributed by atoms with E-state index in [1.807, 2.05) is 26.8 Å². The average Bonchev–Trinajstić information content (AvgIpc) is 3.11. The first kappa shape index (κ1) is 16.0. The fraction of sp³-hybridized carbons (Fsp3) is 0.353. The molecule has 0 saturated carbocycles. The summed E-state index contributed by atoms with van der Waals surface area (Å²) in [7, 11) is 1.69. The minimum absolute atomic E-state index is 0.223. The second-order valence-electron chi connectivity index (χ2n) is 5.82. The van der Waals surface area contributed by atoms with E-state index in [-0.39, 0.29) is 22.8 Å². The Bertz CT molecular complexity index is 978. The molecule has 0 bridgehead atoms. The Kier molecular flexibility index (Phi) is 4.01. The third kappa shape index (κ3) is 2.62. The van der Waals surface area contributed by atoms with E-state index < -0.39 is 0 Å². The van der Waals surface area contributed by atoms with Gasteiger partial charge in [0.1, 0.15) is 17.2 Å². The SMILES string of the molecule is CCCNC(=O)c1cn2cc(-c3cc(C)oc3C)n(C)c(=O)c2n1. The molecule has 3 aromatic heterocycles. The number of carbonyl (C=O) groups excluding carboxylic acids is 1. The van der Waals surface area contributed by atoms with Gasteiger partial charge in [-0.3, -0.25) is 14.0 Å². The molecule has 7 nitrogen and oxygen atoms in total. The second-order valence-corrected chi connectivity index (χ2v) is 5.82. The quantitative estimate of drug-likeness (QED) is 0.795. The fourth-order valence-corrected chi connectivity index (χ4v) is 2.70. The maximum atomic E-state index is 12.6. The number of hydrogen-bond donors (Lipinski definition) is 1. The summed E-state index contributed by atoms with van der Waals surface area (Å²) in [5.74, 6) is 1.24. The van der Waals surface area contributed by atoms with Crippen LogP contribution in [0.2, 0.25) is 0 Å². The predicted molar refractivity (Wildman–Crippen MR) is 90.2 cm³/mol. The first-order valence-corrected chi connectivity index (χ1v) is 7.86. The van der Waals surface area contributed by atoms with E-state index in [9.17, 15) is 9.59 Å². The highest BCUT2D eigenvalue weighted by Gasteiger charge is 2.17. The monoisotopic (exact) mass is 328 g/mol. The van der Waals surface area contributed by atoms with E-state index in [0.717, 1.165) is 23.5 Å². The Balaban J connectivity index is 2.14. The van der Waals surface area contributed by atoms with Crippen molar-refractivity contribution in [2.45, 2.75) is 27.2 Å². The molecule has 3 aromatic rings. The number of furan rings is 1. The number of aryl methyl sites for hydroxylation is 2. The minimum Gasteiger partial charge on any atom is -0.466 e. The van der Waals surface area contributed by atoms with Crippen LogP contribution in [0.25, 0.3) is 16.9 Å². The lowest BCUT2D eigenvalue weighted by molar-refractivity contribution is 0.0949. The summed E-state index contributed by atoms with van der Waals surface area (Å²) in [5.41, 5.74) is 1.75. The molecule has 1 N–H and O–H groups in total. The minimum atomic E-state index is -0.278. The number of nitrogens with one attached hydrogen (secondary N) is 1. The van der Waals surface area contributed by atoms with Crippen molar-refractivity contribution >= 4 is 11.6 Å². The van der Waals surface area contributed by atoms with Gasteiger partial charge in [-0.25, -0.2) is 4.98 Å². The molecule has 0 radical (unpaired) electrons. The van der Waals surface area contributed by atoms with E-state index in [4.69, 9.17) is 4.42 Å². The smallest absolute Gasteiger partial charge is 0.294 e. The van der Waals surface area contributed by atoms with Gasteiger partial charge in [0.15, 0.2) is 0 Å². The molecular formula is C17H20N4O3. The van der Waals surface area contributed by atoms with Crippen molar-refractivity contribution in [3.05, 3.63) is 46.0 Å². The number of rotatable bonds is 4. The molecule has 0 spiro atoms. The van der Waals surface area contributed by atoms with E-state index in [1.54, 1.807) is 23.8 Å². The molecule has 0 aromatic carbocycles. The Morgan fingerprint density at radius 1 is 1.33 bits per heavy atom. The number of aromatic nitrogens is 3. The van der Waals surface area contributed by atoms with E-state index in [1.165, 1.54) is 4.57 Å². The highest BCUT2D eigenvalue weighted by atomic mass is 16.3. The summed E-state index contributed by atoms with van der Waals surface area (Å²) in [5, 5.41) is 2.76. The van der Waals surface area contributed by atoms with Crippen LogP contribution >= 0.6 is 0 Å². The molecule has 3 rings (SSSR count). The molecule has 0 aliphatic carbocycles. The van der Waals surface area contributed by atoms with Crippen LogP contribution in [0.1, 0.15) is 35.4 Å². The Labute approximate surface area is 138 Å². The standard InChI is InChI=1S/C17H20N4O3/c1-5-6-18-16(22)13-8-21-9-14(12-7-10(2)24-11(12)3)20(4)17(23)15(21)19-13/h7-9H,5-6H2,1-4H3,(H,18,22). The van der Waals surface area contributed by atoms with Gasteiger partial charge in [0.05, 0.1) is 5.69 Å². The van der Waals surface area contributed by atoms with Crippen LogP contribution in [0.4, 0.5) is 0 Å². The van der Waals surface area contributed by atoms with Crippen LogP contribution in [0.15, 0.2) is 27.7 Å². The van der Waals surface area contributed by atoms with Gasteiger partial charge in [0, 0.05) is 31.5 Å². The molecule has 1 amide bonds. The zero-order chi connectivity index (χ0) is 17.4. The normalized spacial score (nSPS) is 11.2. The summed E-state index contributed by atoms with van der Waals surface area (Å²) >= 11 is 0. The van der Waals surface area contributed by atoms with Crippen LogP contribution in [-0.2, 0) is 7.05 Å². The van der Waals surface area contributed by atoms with Crippen LogP contribution in [0.5, 0.6) is 0 Å². The second kappa shape index (κ2) is 5.99. The highest BCUT2D eigenvalue weighted by molar-refractivity contribution is 5.92. The lowest BCUT2D eigenvalue weighted by Gasteiger charge is -2.07. The summed E-state index contributed by atoms with van der Waals surface area (Å²) < 4.78 is 8.68. The van der Waals surface area contributed by atoms with E-state index in [2.05, 4.69) is 10.3 Å². The molecule has 0 atom stereocenters. The molecule has 0 saturated heterocycles. The van der Waals surface area contributed by atoms with Crippen LogP contribution in [0, 0.1) is 13.8 Å². The number of nitrogens with zero attached hydrogens (tertiary/aromatic N) is 3. The van der Waals surface area contributed by atoms with Crippen molar-refractivity contribution in [3.8, 4) is 11.3 Å². The Morgan fingerprint density at radius 2 is 2.08 bits per heavy atom. The highest BCUT2D eigenvalue weighted by Crippen LogP contribution is 2.25. The van der Waals surface area contributed by atoms with Crippen LogP contribution < -0.4 is 10.9 Å². The van der Waals surface area contributed by atoms with Gasteiger partial charge >= 0.3 is 0 Å². The molecule has 0 fully saturated rings. The molecule has 126 valence electrons. The number of amides is 1. The third-order valence-electron chi connectivity index (χ3n) is 3.94. The van der Waals surface area contributed by atoms with Crippen LogP contribution in [0.3, 0.4) is 0 Å². The zero-order valence-electron chi connectivity index (χ0n) is 14.2. The fourth-order valence-electron chi connectivity index (χ4n) is 2.70. The number of fused-ring (bicyclic) bond motifs is 1. The van der Waals surface area contributed by atoms with Crippen molar-refractivity contribution in [3.63, 3.8) is 0 Å².